The molecule has 0 atom stereocenters. The van der Waals surface area contributed by atoms with E-state index in [9.17, 15) is 5.26 Å². The normalized spacial score (nSPS) is 14.3. The van der Waals surface area contributed by atoms with E-state index in [2.05, 4.69) is 34.0 Å². The first kappa shape index (κ1) is 14.2. The van der Waals surface area contributed by atoms with Crippen molar-refractivity contribution in [2.75, 3.05) is 0 Å². The Morgan fingerprint density at radius 1 is 1.26 bits per heavy atom. The predicted molar refractivity (Wildman–Crippen MR) is 95.8 cm³/mol. The number of aryl methyl sites for hydroxylation is 2. The van der Waals surface area contributed by atoms with Crippen LogP contribution >= 0.6 is 11.3 Å². The van der Waals surface area contributed by atoms with Crippen LogP contribution in [0.15, 0.2) is 35.5 Å². The van der Waals surface area contributed by atoms with E-state index >= 15 is 0 Å². The molecule has 0 spiro atoms. The Morgan fingerprint density at radius 2 is 2.09 bits per heavy atom. The Hall–Kier alpha value is -2.38. The van der Waals surface area contributed by atoms with Crippen LogP contribution in [0.4, 0.5) is 5.00 Å². The molecule has 0 bridgehead atoms. The molecule has 4 rings (SSSR count). The Labute approximate surface area is 139 Å². The second kappa shape index (κ2) is 5.68. The molecule has 4 heteroatoms. The number of nitriles is 1. The quantitative estimate of drug-likeness (QED) is 0.629. The highest BCUT2D eigenvalue weighted by Crippen LogP contribution is 2.39. The first-order valence-electron chi connectivity index (χ1n) is 7.90. The van der Waals surface area contributed by atoms with Gasteiger partial charge in [0.15, 0.2) is 0 Å². The number of para-hydroxylation sites is 1. The van der Waals surface area contributed by atoms with E-state index in [0.717, 1.165) is 29.0 Å². The second-order valence-electron chi connectivity index (χ2n) is 5.97. The highest BCUT2D eigenvalue weighted by molar-refractivity contribution is 7.16. The molecular weight excluding hydrogens is 302 g/mol. The van der Waals surface area contributed by atoms with E-state index in [1.165, 1.54) is 34.2 Å². The van der Waals surface area contributed by atoms with Crippen LogP contribution in [-0.4, -0.2) is 10.8 Å². The minimum Gasteiger partial charge on any atom is -0.350 e. The largest absolute Gasteiger partial charge is 0.350 e. The maximum Gasteiger partial charge on any atom is 0.134 e. The SMILES string of the molecule is Cn1cc(/C=N/c2sc3c(c2C#N)CCCC3)c2ccccc21. The van der Waals surface area contributed by atoms with E-state index in [4.69, 9.17) is 0 Å². The summed E-state index contributed by atoms with van der Waals surface area (Å²) in [5.41, 5.74) is 4.33. The molecule has 3 aromatic rings. The molecule has 3 nitrogen and oxygen atoms in total. The summed E-state index contributed by atoms with van der Waals surface area (Å²) < 4.78 is 2.11. The molecule has 0 aliphatic heterocycles. The summed E-state index contributed by atoms with van der Waals surface area (Å²) in [4.78, 5) is 6.03. The van der Waals surface area contributed by atoms with Gasteiger partial charge in [0, 0.05) is 40.8 Å². The molecule has 2 aromatic heterocycles. The van der Waals surface area contributed by atoms with Gasteiger partial charge < -0.3 is 4.57 Å². The van der Waals surface area contributed by atoms with Gasteiger partial charge in [-0.1, -0.05) is 18.2 Å². The summed E-state index contributed by atoms with van der Waals surface area (Å²) >= 11 is 1.69. The van der Waals surface area contributed by atoms with Crippen molar-refractivity contribution in [2.24, 2.45) is 12.0 Å². The first-order chi connectivity index (χ1) is 11.3. The summed E-state index contributed by atoms with van der Waals surface area (Å²) in [5.74, 6) is 0. The van der Waals surface area contributed by atoms with Gasteiger partial charge in [-0.05, 0) is 37.3 Å². The standard InChI is InChI=1S/C19H17N3S/c1-22-12-13(14-6-2-4-8-17(14)22)11-21-19-16(10-20)15-7-3-5-9-18(15)23-19/h2,4,6,8,11-12H,3,5,7,9H2,1H3/b21-11+. The molecule has 23 heavy (non-hydrogen) atoms. The van der Waals surface area contributed by atoms with Crippen LogP contribution in [0.5, 0.6) is 0 Å². The van der Waals surface area contributed by atoms with E-state index in [1.807, 2.05) is 25.4 Å². The molecule has 0 saturated carbocycles. The predicted octanol–water partition coefficient (Wildman–Crippen LogP) is 4.74. The lowest BCUT2D eigenvalue weighted by molar-refractivity contribution is 0.696. The molecule has 1 aromatic carbocycles. The summed E-state index contributed by atoms with van der Waals surface area (Å²) in [7, 11) is 2.05. The fourth-order valence-electron chi connectivity index (χ4n) is 3.36. The summed E-state index contributed by atoms with van der Waals surface area (Å²) in [6, 6.07) is 10.7. The smallest absolute Gasteiger partial charge is 0.134 e. The molecule has 2 heterocycles. The Kier molecular flexibility index (Phi) is 3.51. The Balaban J connectivity index is 1.77. The average Bonchev–Trinajstić information content (AvgIpc) is 3.10. The van der Waals surface area contributed by atoms with Crippen LogP contribution in [0.25, 0.3) is 10.9 Å². The number of hydrogen-bond donors (Lipinski definition) is 0. The van der Waals surface area contributed by atoms with Gasteiger partial charge in [-0.25, -0.2) is 4.99 Å². The maximum atomic E-state index is 9.52. The molecule has 1 aliphatic rings. The fourth-order valence-corrected chi connectivity index (χ4v) is 4.55. The zero-order valence-electron chi connectivity index (χ0n) is 13.0. The topological polar surface area (TPSA) is 41.1 Å². The van der Waals surface area contributed by atoms with Crippen LogP contribution in [0, 0.1) is 11.3 Å². The van der Waals surface area contributed by atoms with Crippen molar-refractivity contribution in [2.45, 2.75) is 25.7 Å². The second-order valence-corrected chi connectivity index (χ2v) is 7.06. The lowest BCUT2D eigenvalue weighted by Crippen LogP contribution is -1.99. The van der Waals surface area contributed by atoms with Crippen LogP contribution < -0.4 is 0 Å². The number of fused-ring (bicyclic) bond motifs is 2. The Morgan fingerprint density at radius 3 is 2.96 bits per heavy atom. The van der Waals surface area contributed by atoms with Crippen LogP contribution in [0.1, 0.15) is 34.4 Å². The molecule has 0 amide bonds. The van der Waals surface area contributed by atoms with Gasteiger partial charge >= 0.3 is 0 Å². The number of benzene rings is 1. The van der Waals surface area contributed by atoms with Gasteiger partial charge in [0.1, 0.15) is 11.1 Å². The zero-order valence-corrected chi connectivity index (χ0v) is 13.9. The van der Waals surface area contributed by atoms with Crippen molar-refractivity contribution < 1.29 is 0 Å². The fraction of sp³-hybridized carbons (Fsp3) is 0.263. The molecule has 0 saturated heterocycles. The molecule has 0 fully saturated rings. The van der Waals surface area contributed by atoms with Gasteiger partial charge in [-0.2, -0.15) is 5.26 Å². The van der Waals surface area contributed by atoms with Crippen molar-refractivity contribution >= 4 is 33.5 Å². The van der Waals surface area contributed by atoms with Crippen LogP contribution in [-0.2, 0) is 19.9 Å². The van der Waals surface area contributed by atoms with Crippen molar-refractivity contribution in [3.05, 3.63) is 52.0 Å². The van der Waals surface area contributed by atoms with Crippen molar-refractivity contribution in [3.8, 4) is 6.07 Å². The highest BCUT2D eigenvalue weighted by atomic mass is 32.1. The molecule has 114 valence electrons. The molecule has 0 radical (unpaired) electrons. The number of nitrogens with zero attached hydrogens (tertiary/aromatic N) is 3. The third kappa shape index (κ3) is 2.38. The first-order valence-corrected chi connectivity index (χ1v) is 8.72. The molecular formula is C19H17N3S. The van der Waals surface area contributed by atoms with E-state index in [1.54, 1.807) is 11.3 Å². The monoisotopic (exact) mass is 319 g/mol. The number of hydrogen-bond acceptors (Lipinski definition) is 3. The van der Waals surface area contributed by atoms with Crippen molar-refractivity contribution in [1.29, 1.82) is 5.26 Å². The molecule has 0 N–H and O–H groups in total. The molecule has 1 aliphatic carbocycles. The third-order valence-corrected chi connectivity index (χ3v) is 5.71. The third-order valence-electron chi connectivity index (χ3n) is 4.51. The summed E-state index contributed by atoms with van der Waals surface area (Å²) in [5, 5.41) is 11.6. The maximum absolute atomic E-state index is 9.52. The number of aliphatic imine (C=N–C) groups is 1. The van der Waals surface area contributed by atoms with E-state index < -0.39 is 0 Å². The van der Waals surface area contributed by atoms with Gasteiger partial charge in [-0.15, -0.1) is 11.3 Å². The van der Waals surface area contributed by atoms with Crippen LogP contribution in [0.3, 0.4) is 0 Å². The van der Waals surface area contributed by atoms with E-state index in [-0.39, 0.29) is 0 Å². The van der Waals surface area contributed by atoms with Crippen LogP contribution in [0.2, 0.25) is 0 Å². The van der Waals surface area contributed by atoms with Gasteiger partial charge in [0.25, 0.3) is 0 Å². The average molecular weight is 319 g/mol. The zero-order chi connectivity index (χ0) is 15.8. The van der Waals surface area contributed by atoms with Gasteiger partial charge in [-0.3, -0.25) is 0 Å². The Bertz CT molecular complexity index is 953. The van der Waals surface area contributed by atoms with Crippen molar-refractivity contribution in [1.82, 2.24) is 4.57 Å². The number of rotatable bonds is 2. The summed E-state index contributed by atoms with van der Waals surface area (Å²) in [6.07, 6.45) is 8.53. The number of thiophene rings is 1. The van der Waals surface area contributed by atoms with E-state index in [0.29, 0.717) is 0 Å². The number of aromatic nitrogens is 1. The highest BCUT2D eigenvalue weighted by Gasteiger charge is 2.20. The van der Waals surface area contributed by atoms with Crippen molar-refractivity contribution in [3.63, 3.8) is 0 Å². The van der Waals surface area contributed by atoms with Gasteiger partial charge in [0.05, 0.1) is 5.56 Å². The lowest BCUT2D eigenvalue weighted by atomic mass is 9.96. The minimum atomic E-state index is 0.793. The minimum absolute atomic E-state index is 0.793. The molecule has 0 unspecified atom stereocenters. The summed E-state index contributed by atoms with van der Waals surface area (Å²) in [6.45, 7) is 0. The lowest BCUT2D eigenvalue weighted by Gasteiger charge is -2.09. The van der Waals surface area contributed by atoms with Gasteiger partial charge in [0.2, 0.25) is 0 Å².